The Bertz CT molecular complexity index is 772. The molecular formula is C22H28O7. The summed E-state index contributed by atoms with van der Waals surface area (Å²) in [6.07, 6.45) is 5.35. The molecule has 0 saturated carbocycles. The van der Waals surface area contributed by atoms with Gasteiger partial charge >= 0.3 is 17.9 Å². The lowest BCUT2D eigenvalue weighted by Crippen LogP contribution is -2.33. The van der Waals surface area contributed by atoms with Gasteiger partial charge in [0.15, 0.2) is 0 Å². The molecule has 0 spiro atoms. The van der Waals surface area contributed by atoms with E-state index in [0.29, 0.717) is 24.0 Å². The van der Waals surface area contributed by atoms with E-state index in [1.807, 2.05) is 6.08 Å². The molecule has 0 amide bonds. The van der Waals surface area contributed by atoms with Gasteiger partial charge in [0.1, 0.15) is 18.8 Å². The van der Waals surface area contributed by atoms with Crippen molar-refractivity contribution in [1.29, 1.82) is 0 Å². The summed E-state index contributed by atoms with van der Waals surface area (Å²) in [5.74, 6) is -2.05. The maximum Gasteiger partial charge on any atom is 0.334 e. The predicted molar refractivity (Wildman–Crippen MR) is 106 cm³/mol. The second kappa shape index (κ2) is 10.2. The zero-order valence-electron chi connectivity index (χ0n) is 17.1. The summed E-state index contributed by atoms with van der Waals surface area (Å²) in [6, 6.07) is 0. The lowest BCUT2D eigenvalue weighted by Gasteiger charge is -2.27. The minimum absolute atomic E-state index is 0.0403. The first kappa shape index (κ1) is 22.6. The van der Waals surface area contributed by atoms with E-state index in [0.717, 1.165) is 5.57 Å². The van der Waals surface area contributed by atoms with Crippen LogP contribution in [0.1, 0.15) is 40.0 Å². The first-order chi connectivity index (χ1) is 13.8. The molecule has 7 heteroatoms. The number of hydrogen-bond acceptors (Lipinski definition) is 7. The minimum atomic E-state index is -0.710. The second-order valence-electron chi connectivity index (χ2n) is 7.20. The van der Waals surface area contributed by atoms with Crippen LogP contribution in [0.25, 0.3) is 0 Å². The van der Waals surface area contributed by atoms with Gasteiger partial charge in [-0.25, -0.2) is 9.59 Å². The maximum absolute atomic E-state index is 12.1. The number of carbonyl (C=O) groups is 3. The number of allylic oxidation sites excluding steroid dienone is 2. The van der Waals surface area contributed by atoms with Crippen LogP contribution in [-0.2, 0) is 28.6 Å². The zero-order chi connectivity index (χ0) is 21.6. The van der Waals surface area contributed by atoms with E-state index in [4.69, 9.17) is 14.2 Å². The SMILES string of the molecule is C=C1C(=O)OC2C=C(CO)CCC=C(COC(=O)C(C)=CC)CC(OC(C)=O)C12. The number of carbonyl (C=O) groups excluding carboxylic acids is 3. The van der Waals surface area contributed by atoms with Crippen molar-refractivity contribution in [2.24, 2.45) is 5.92 Å². The third-order valence-corrected chi connectivity index (χ3v) is 5.09. The molecule has 1 saturated heterocycles. The number of hydrogen-bond donors (Lipinski definition) is 1. The molecule has 0 aromatic heterocycles. The van der Waals surface area contributed by atoms with Crippen LogP contribution in [-0.4, -0.2) is 48.4 Å². The van der Waals surface area contributed by atoms with E-state index in [9.17, 15) is 19.5 Å². The number of ether oxygens (including phenoxy) is 3. The molecule has 0 radical (unpaired) electrons. The highest BCUT2D eigenvalue weighted by Gasteiger charge is 2.44. The average molecular weight is 404 g/mol. The van der Waals surface area contributed by atoms with Gasteiger partial charge in [-0.15, -0.1) is 0 Å². The molecule has 1 fully saturated rings. The van der Waals surface area contributed by atoms with Crippen molar-refractivity contribution >= 4 is 17.9 Å². The highest BCUT2D eigenvalue weighted by atomic mass is 16.6. The van der Waals surface area contributed by atoms with E-state index in [-0.39, 0.29) is 25.2 Å². The minimum Gasteiger partial charge on any atom is -0.461 e. The van der Waals surface area contributed by atoms with Gasteiger partial charge in [-0.3, -0.25) is 4.79 Å². The van der Waals surface area contributed by atoms with E-state index in [1.54, 1.807) is 26.0 Å². The van der Waals surface area contributed by atoms with E-state index in [2.05, 4.69) is 6.58 Å². The van der Waals surface area contributed by atoms with Crippen LogP contribution in [0.3, 0.4) is 0 Å². The average Bonchev–Trinajstić information content (AvgIpc) is 2.96. The number of aliphatic hydroxyl groups is 1. The van der Waals surface area contributed by atoms with Crippen LogP contribution in [0.5, 0.6) is 0 Å². The Hall–Kier alpha value is -2.67. The topological polar surface area (TPSA) is 99.1 Å². The molecule has 7 nitrogen and oxygen atoms in total. The van der Waals surface area contributed by atoms with Crippen LogP contribution in [0.15, 0.2) is 47.1 Å². The summed E-state index contributed by atoms with van der Waals surface area (Å²) in [5.41, 5.74) is 2.19. The number of rotatable bonds is 5. The molecule has 29 heavy (non-hydrogen) atoms. The van der Waals surface area contributed by atoms with Crippen LogP contribution in [0.2, 0.25) is 0 Å². The summed E-state index contributed by atoms with van der Waals surface area (Å²) in [6.45, 7) is 8.39. The highest BCUT2D eigenvalue weighted by Crippen LogP contribution is 2.36. The van der Waals surface area contributed by atoms with E-state index >= 15 is 0 Å². The Kier molecular flexibility index (Phi) is 7.96. The third kappa shape index (κ3) is 5.90. The summed E-state index contributed by atoms with van der Waals surface area (Å²) in [5, 5.41) is 9.65. The first-order valence-corrected chi connectivity index (χ1v) is 9.62. The zero-order valence-corrected chi connectivity index (χ0v) is 17.1. The molecule has 0 aromatic rings. The van der Waals surface area contributed by atoms with Crippen molar-refractivity contribution in [3.8, 4) is 0 Å². The van der Waals surface area contributed by atoms with Gasteiger partial charge in [0.2, 0.25) is 0 Å². The highest BCUT2D eigenvalue weighted by molar-refractivity contribution is 5.91. The van der Waals surface area contributed by atoms with Crippen molar-refractivity contribution in [3.63, 3.8) is 0 Å². The van der Waals surface area contributed by atoms with Crippen LogP contribution < -0.4 is 0 Å². The lowest BCUT2D eigenvalue weighted by molar-refractivity contribution is -0.149. The lowest BCUT2D eigenvalue weighted by atomic mass is 9.85. The molecule has 0 bridgehead atoms. The molecule has 1 N–H and O–H groups in total. The molecule has 3 atom stereocenters. The van der Waals surface area contributed by atoms with Crippen LogP contribution in [0, 0.1) is 5.92 Å². The fraction of sp³-hybridized carbons (Fsp3) is 0.500. The number of aliphatic hydroxyl groups excluding tert-OH is 1. The smallest absolute Gasteiger partial charge is 0.334 e. The summed E-state index contributed by atoms with van der Waals surface area (Å²) < 4.78 is 16.3. The molecule has 2 rings (SSSR count). The molecular weight excluding hydrogens is 376 g/mol. The Morgan fingerprint density at radius 3 is 2.69 bits per heavy atom. The summed E-state index contributed by atoms with van der Waals surface area (Å²) >= 11 is 0. The molecule has 1 aliphatic carbocycles. The van der Waals surface area contributed by atoms with Crippen LogP contribution >= 0.6 is 0 Å². The Morgan fingerprint density at radius 2 is 2.07 bits per heavy atom. The predicted octanol–water partition coefficient (Wildman–Crippen LogP) is 2.55. The van der Waals surface area contributed by atoms with Gasteiger partial charge in [-0.05, 0) is 43.9 Å². The molecule has 3 unspecified atom stereocenters. The van der Waals surface area contributed by atoms with E-state index in [1.165, 1.54) is 6.92 Å². The quantitative estimate of drug-likeness (QED) is 0.325. The van der Waals surface area contributed by atoms with Gasteiger partial charge < -0.3 is 19.3 Å². The maximum atomic E-state index is 12.1. The van der Waals surface area contributed by atoms with Crippen molar-refractivity contribution in [1.82, 2.24) is 0 Å². The third-order valence-electron chi connectivity index (χ3n) is 5.09. The fourth-order valence-electron chi connectivity index (χ4n) is 3.39. The monoisotopic (exact) mass is 404 g/mol. The Labute approximate surface area is 170 Å². The van der Waals surface area contributed by atoms with E-state index < -0.39 is 36.0 Å². The second-order valence-corrected chi connectivity index (χ2v) is 7.20. The van der Waals surface area contributed by atoms with Gasteiger partial charge in [-0.2, -0.15) is 0 Å². The molecule has 1 aliphatic heterocycles. The molecule has 2 aliphatic rings. The molecule has 0 aromatic carbocycles. The van der Waals surface area contributed by atoms with Crippen molar-refractivity contribution in [3.05, 3.63) is 47.1 Å². The van der Waals surface area contributed by atoms with Crippen molar-refractivity contribution in [2.45, 2.75) is 52.2 Å². The summed E-state index contributed by atoms with van der Waals surface area (Å²) in [4.78, 5) is 35.8. The van der Waals surface area contributed by atoms with Gasteiger partial charge in [-0.1, -0.05) is 18.7 Å². The van der Waals surface area contributed by atoms with Crippen molar-refractivity contribution < 1.29 is 33.7 Å². The van der Waals surface area contributed by atoms with Gasteiger partial charge in [0.25, 0.3) is 0 Å². The molecule has 158 valence electrons. The normalized spacial score (nSPS) is 25.4. The Morgan fingerprint density at radius 1 is 1.34 bits per heavy atom. The standard InChI is InChI=1S/C22H28O7/c1-5-13(2)21(25)27-12-17-8-6-7-16(11-23)9-19-20(14(3)22(26)29-19)18(10-17)28-15(4)24/h5,8-9,18-20,23H,3,6-7,10-12H2,1-2,4H3. The largest absolute Gasteiger partial charge is 0.461 e. The van der Waals surface area contributed by atoms with Crippen LogP contribution in [0.4, 0.5) is 0 Å². The summed E-state index contributed by atoms with van der Waals surface area (Å²) in [7, 11) is 0. The fourth-order valence-corrected chi connectivity index (χ4v) is 3.39. The number of esters is 3. The van der Waals surface area contributed by atoms with Crippen molar-refractivity contribution in [2.75, 3.05) is 13.2 Å². The first-order valence-electron chi connectivity index (χ1n) is 9.62. The van der Waals surface area contributed by atoms with Gasteiger partial charge in [0.05, 0.1) is 12.5 Å². The molecule has 1 heterocycles. The van der Waals surface area contributed by atoms with Gasteiger partial charge in [0, 0.05) is 24.5 Å². The number of fused-ring (bicyclic) bond motifs is 1. The Balaban J connectivity index is 2.33.